The number of aromatic nitrogens is 3. The molecule has 0 N–H and O–H groups in total. The molecule has 7 heteroatoms. The highest BCUT2D eigenvalue weighted by atomic mass is 32.2. The van der Waals surface area contributed by atoms with Crippen LogP contribution in [0.2, 0.25) is 0 Å². The first kappa shape index (κ1) is 18.5. The molecule has 0 atom stereocenters. The lowest BCUT2D eigenvalue weighted by molar-refractivity contribution is 0.183. The van der Waals surface area contributed by atoms with Crippen molar-refractivity contribution in [3.05, 3.63) is 76.9 Å². The van der Waals surface area contributed by atoms with Crippen molar-refractivity contribution in [2.24, 2.45) is 0 Å². The van der Waals surface area contributed by atoms with Crippen LogP contribution in [-0.4, -0.2) is 28.3 Å². The van der Waals surface area contributed by atoms with Gasteiger partial charge in [-0.1, -0.05) is 42.1 Å². The zero-order chi connectivity index (χ0) is 19.3. The third-order valence-electron chi connectivity index (χ3n) is 4.27. The van der Waals surface area contributed by atoms with Crippen LogP contribution in [0.15, 0.2) is 75.2 Å². The second kappa shape index (κ2) is 8.41. The zero-order valence-corrected chi connectivity index (χ0v) is 16.2. The number of para-hydroxylation sites is 1. The van der Waals surface area contributed by atoms with E-state index in [1.807, 2.05) is 48.5 Å². The molecule has 0 aliphatic heterocycles. The summed E-state index contributed by atoms with van der Waals surface area (Å²) in [6.07, 6.45) is 1.65. The molecular weight excluding hydrogens is 374 g/mol. The maximum absolute atomic E-state index is 12.9. The Morgan fingerprint density at radius 2 is 1.86 bits per heavy atom. The Bertz CT molecular complexity index is 1140. The van der Waals surface area contributed by atoms with E-state index >= 15 is 0 Å². The van der Waals surface area contributed by atoms with E-state index in [0.29, 0.717) is 40.9 Å². The van der Waals surface area contributed by atoms with Gasteiger partial charge in [-0.2, -0.15) is 0 Å². The lowest BCUT2D eigenvalue weighted by Gasteiger charge is -2.12. The van der Waals surface area contributed by atoms with Gasteiger partial charge in [0.15, 0.2) is 5.16 Å². The number of rotatable bonds is 7. The summed E-state index contributed by atoms with van der Waals surface area (Å²) in [4.78, 5) is 22.1. The normalized spacial score (nSPS) is 11.2. The van der Waals surface area contributed by atoms with Gasteiger partial charge >= 0.3 is 0 Å². The summed E-state index contributed by atoms with van der Waals surface area (Å²) in [7, 11) is 1.62. The highest BCUT2D eigenvalue weighted by molar-refractivity contribution is 7.98. The van der Waals surface area contributed by atoms with Crippen molar-refractivity contribution in [1.29, 1.82) is 0 Å². The first-order valence-electron chi connectivity index (χ1n) is 8.87. The van der Waals surface area contributed by atoms with Gasteiger partial charge in [-0.05, 0) is 24.3 Å². The Morgan fingerprint density at radius 3 is 2.68 bits per heavy atom. The molecule has 142 valence electrons. The number of oxazole rings is 1. The van der Waals surface area contributed by atoms with E-state index in [0.717, 1.165) is 11.3 Å². The summed E-state index contributed by atoms with van der Waals surface area (Å²) in [5.41, 5.74) is 2.35. The number of hydrogen-bond acceptors (Lipinski definition) is 6. The minimum Gasteiger partial charge on any atom is -0.444 e. The second-order valence-corrected chi connectivity index (χ2v) is 7.10. The SMILES string of the molecule is COCCn1c(SCc2coc(-c3ccccc3)n2)nc2ccccc2c1=O. The Kier molecular flexibility index (Phi) is 5.55. The number of hydrogen-bond donors (Lipinski definition) is 0. The standard InChI is InChI=1S/C21H19N3O3S/c1-26-12-11-24-20(25)17-9-5-6-10-18(17)23-21(24)28-14-16-13-27-19(22-16)15-7-3-2-4-8-15/h2-10,13H,11-12,14H2,1H3. The molecule has 0 bridgehead atoms. The molecule has 2 heterocycles. The van der Waals surface area contributed by atoms with Crippen molar-refractivity contribution in [3.8, 4) is 11.5 Å². The molecule has 0 radical (unpaired) electrons. The van der Waals surface area contributed by atoms with Gasteiger partial charge in [0.05, 0.1) is 29.7 Å². The Hall–Kier alpha value is -2.90. The second-order valence-electron chi connectivity index (χ2n) is 6.16. The Balaban J connectivity index is 1.60. The third kappa shape index (κ3) is 3.85. The molecule has 2 aromatic carbocycles. The van der Waals surface area contributed by atoms with Crippen molar-refractivity contribution < 1.29 is 9.15 Å². The van der Waals surface area contributed by atoms with Crippen molar-refractivity contribution >= 4 is 22.7 Å². The summed E-state index contributed by atoms with van der Waals surface area (Å²) < 4.78 is 12.4. The van der Waals surface area contributed by atoms with Gasteiger partial charge in [-0.3, -0.25) is 9.36 Å². The topological polar surface area (TPSA) is 70.2 Å². The van der Waals surface area contributed by atoms with E-state index in [1.54, 1.807) is 24.0 Å². The van der Waals surface area contributed by atoms with Gasteiger partial charge in [0.2, 0.25) is 5.89 Å². The van der Waals surface area contributed by atoms with Crippen LogP contribution in [0.25, 0.3) is 22.4 Å². The van der Waals surface area contributed by atoms with Gasteiger partial charge in [-0.15, -0.1) is 0 Å². The number of fused-ring (bicyclic) bond motifs is 1. The molecule has 0 amide bonds. The average Bonchev–Trinajstić information content (AvgIpc) is 3.21. The molecule has 0 saturated heterocycles. The van der Waals surface area contributed by atoms with E-state index in [1.165, 1.54) is 11.8 Å². The van der Waals surface area contributed by atoms with E-state index in [2.05, 4.69) is 9.97 Å². The Morgan fingerprint density at radius 1 is 1.07 bits per heavy atom. The highest BCUT2D eigenvalue weighted by Gasteiger charge is 2.13. The number of benzene rings is 2. The smallest absolute Gasteiger partial charge is 0.262 e. The number of methoxy groups -OCH3 is 1. The van der Waals surface area contributed by atoms with Crippen LogP contribution in [0.3, 0.4) is 0 Å². The van der Waals surface area contributed by atoms with Crippen LogP contribution in [0.5, 0.6) is 0 Å². The molecule has 6 nitrogen and oxygen atoms in total. The zero-order valence-electron chi connectivity index (χ0n) is 15.4. The fourth-order valence-electron chi connectivity index (χ4n) is 2.86. The van der Waals surface area contributed by atoms with Crippen molar-refractivity contribution in [2.45, 2.75) is 17.5 Å². The van der Waals surface area contributed by atoms with Crippen LogP contribution >= 0.6 is 11.8 Å². The van der Waals surface area contributed by atoms with Crippen LogP contribution in [0, 0.1) is 0 Å². The molecule has 0 spiro atoms. The number of ether oxygens (including phenoxy) is 1. The molecule has 0 fully saturated rings. The van der Waals surface area contributed by atoms with Crippen molar-refractivity contribution in [1.82, 2.24) is 14.5 Å². The van der Waals surface area contributed by atoms with E-state index in [4.69, 9.17) is 9.15 Å². The predicted molar refractivity (Wildman–Crippen MR) is 109 cm³/mol. The van der Waals surface area contributed by atoms with E-state index in [9.17, 15) is 4.79 Å². The summed E-state index contributed by atoms with van der Waals surface area (Å²) >= 11 is 1.46. The fourth-order valence-corrected chi connectivity index (χ4v) is 3.77. The molecule has 4 aromatic rings. The third-order valence-corrected chi connectivity index (χ3v) is 5.28. The fraction of sp³-hybridized carbons (Fsp3) is 0.190. The molecule has 0 unspecified atom stereocenters. The predicted octanol–water partition coefficient (Wildman–Crippen LogP) is 3.99. The average molecular weight is 393 g/mol. The van der Waals surface area contributed by atoms with Crippen LogP contribution in [0.1, 0.15) is 5.69 Å². The lowest BCUT2D eigenvalue weighted by Crippen LogP contribution is -2.25. The maximum atomic E-state index is 12.9. The largest absolute Gasteiger partial charge is 0.444 e. The van der Waals surface area contributed by atoms with Gasteiger partial charge in [0.1, 0.15) is 6.26 Å². The van der Waals surface area contributed by atoms with Crippen molar-refractivity contribution in [2.75, 3.05) is 13.7 Å². The van der Waals surface area contributed by atoms with Gasteiger partial charge in [-0.25, -0.2) is 9.97 Å². The summed E-state index contributed by atoms with van der Waals surface area (Å²) in [6, 6.07) is 17.1. The molecule has 28 heavy (non-hydrogen) atoms. The molecular formula is C21H19N3O3S. The molecule has 0 aliphatic rings. The number of nitrogens with zero attached hydrogens (tertiary/aromatic N) is 3. The molecule has 2 aromatic heterocycles. The monoisotopic (exact) mass is 393 g/mol. The summed E-state index contributed by atoms with van der Waals surface area (Å²) in [6.45, 7) is 0.888. The van der Waals surface area contributed by atoms with Crippen LogP contribution < -0.4 is 5.56 Å². The molecule has 4 rings (SSSR count). The van der Waals surface area contributed by atoms with Crippen molar-refractivity contribution in [3.63, 3.8) is 0 Å². The first-order valence-corrected chi connectivity index (χ1v) is 9.86. The first-order chi connectivity index (χ1) is 13.8. The number of thioether (sulfide) groups is 1. The maximum Gasteiger partial charge on any atom is 0.262 e. The van der Waals surface area contributed by atoms with Crippen LogP contribution in [-0.2, 0) is 17.0 Å². The lowest BCUT2D eigenvalue weighted by atomic mass is 10.2. The quantitative estimate of drug-likeness (QED) is 0.349. The van der Waals surface area contributed by atoms with Gasteiger partial charge in [0, 0.05) is 18.4 Å². The van der Waals surface area contributed by atoms with Gasteiger partial charge in [0.25, 0.3) is 5.56 Å². The minimum absolute atomic E-state index is 0.0599. The molecule has 0 aliphatic carbocycles. The molecule has 0 saturated carbocycles. The minimum atomic E-state index is -0.0599. The Labute approximate surface area is 166 Å². The van der Waals surface area contributed by atoms with Crippen LogP contribution in [0.4, 0.5) is 0 Å². The highest BCUT2D eigenvalue weighted by Crippen LogP contribution is 2.24. The van der Waals surface area contributed by atoms with E-state index < -0.39 is 0 Å². The van der Waals surface area contributed by atoms with Gasteiger partial charge < -0.3 is 9.15 Å². The summed E-state index contributed by atoms with van der Waals surface area (Å²) in [5.74, 6) is 1.13. The summed E-state index contributed by atoms with van der Waals surface area (Å²) in [5, 5.41) is 1.25. The van der Waals surface area contributed by atoms with E-state index in [-0.39, 0.29) is 5.56 Å².